The summed E-state index contributed by atoms with van der Waals surface area (Å²) in [5.41, 5.74) is 8.33. The van der Waals surface area contributed by atoms with Gasteiger partial charge in [0.05, 0.1) is 12.1 Å². The lowest BCUT2D eigenvalue weighted by molar-refractivity contribution is -0.131. The summed E-state index contributed by atoms with van der Waals surface area (Å²) >= 11 is 0. The van der Waals surface area contributed by atoms with E-state index >= 15 is 0 Å². The van der Waals surface area contributed by atoms with Gasteiger partial charge in [-0.25, -0.2) is 13.2 Å². The van der Waals surface area contributed by atoms with E-state index in [0.29, 0.717) is 6.42 Å². The highest BCUT2D eigenvalue weighted by Gasteiger charge is 2.40. The summed E-state index contributed by atoms with van der Waals surface area (Å²) in [6.07, 6.45) is -0.477. The number of hydrogen-bond donors (Lipinski definition) is 2. The number of benzene rings is 2. The minimum Gasteiger partial charge on any atom is -0.349 e. The van der Waals surface area contributed by atoms with Gasteiger partial charge in [-0.3, -0.25) is 9.69 Å². The van der Waals surface area contributed by atoms with E-state index in [1.54, 1.807) is 4.90 Å². The molecule has 1 aliphatic carbocycles. The Morgan fingerprint density at radius 1 is 1.19 bits per heavy atom. The lowest BCUT2D eigenvalue weighted by atomic mass is 9.98. The average Bonchev–Trinajstić information content (AvgIpc) is 2.91. The van der Waals surface area contributed by atoms with Crippen molar-refractivity contribution in [2.24, 2.45) is 5.73 Å². The van der Waals surface area contributed by atoms with E-state index in [9.17, 15) is 18.0 Å². The first kappa shape index (κ1) is 18.0. The monoisotopic (exact) mass is 375 g/mol. The Morgan fingerprint density at radius 3 is 2.59 bits per heavy atom. The Labute approximate surface area is 155 Å². The molecule has 2 aromatic rings. The maximum Gasteiger partial charge on any atom is 0.242 e. The van der Waals surface area contributed by atoms with Crippen molar-refractivity contribution in [3.05, 3.63) is 70.8 Å². The molecule has 0 aromatic heterocycles. The van der Waals surface area contributed by atoms with Gasteiger partial charge < -0.3 is 11.1 Å². The van der Waals surface area contributed by atoms with E-state index in [1.165, 1.54) is 6.07 Å². The van der Waals surface area contributed by atoms with Crippen molar-refractivity contribution in [1.82, 2.24) is 10.2 Å². The van der Waals surface area contributed by atoms with E-state index in [4.69, 9.17) is 5.73 Å². The third kappa shape index (κ3) is 3.33. The number of fused-ring (bicyclic) bond motifs is 1. The third-order valence-corrected chi connectivity index (χ3v) is 5.35. The van der Waals surface area contributed by atoms with Gasteiger partial charge in [0, 0.05) is 24.7 Å². The van der Waals surface area contributed by atoms with Crippen LogP contribution in [0, 0.1) is 11.6 Å². The van der Waals surface area contributed by atoms with Crippen LogP contribution < -0.4 is 11.1 Å². The van der Waals surface area contributed by atoms with Crippen LogP contribution in [0.2, 0.25) is 0 Å². The lowest BCUT2D eigenvalue weighted by Gasteiger charge is -2.40. The van der Waals surface area contributed by atoms with Crippen LogP contribution in [0.15, 0.2) is 42.5 Å². The van der Waals surface area contributed by atoms with Crippen molar-refractivity contribution >= 4 is 5.91 Å². The fourth-order valence-electron chi connectivity index (χ4n) is 3.92. The van der Waals surface area contributed by atoms with E-state index in [1.807, 2.05) is 24.3 Å². The Balaban J connectivity index is 1.57. The van der Waals surface area contributed by atoms with E-state index in [-0.39, 0.29) is 30.7 Å². The summed E-state index contributed by atoms with van der Waals surface area (Å²) in [6, 6.07) is 9.04. The van der Waals surface area contributed by atoms with Gasteiger partial charge in [0.15, 0.2) is 0 Å². The number of rotatable bonds is 4. The maximum atomic E-state index is 14.3. The molecule has 0 radical (unpaired) electrons. The molecule has 1 fully saturated rings. The minimum absolute atomic E-state index is 0.0323. The summed E-state index contributed by atoms with van der Waals surface area (Å²) in [5, 5.41) is 2.89. The van der Waals surface area contributed by atoms with Crippen LogP contribution in [0.25, 0.3) is 0 Å². The first-order chi connectivity index (χ1) is 12.9. The number of carbonyl (C=O) groups excluding carboxylic acids is 1. The smallest absolute Gasteiger partial charge is 0.242 e. The predicted octanol–water partition coefficient (Wildman–Crippen LogP) is 2.40. The third-order valence-electron chi connectivity index (χ3n) is 5.35. The molecular weight excluding hydrogens is 355 g/mol. The number of hydrogen-bond acceptors (Lipinski definition) is 3. The number of likely N-dealkylation sites (tertiary alicyclic amines) is 1. The largest absolute Gasteiger partial charge is 0.349 e. The summed E-state index contributed by atoms with van der Waals surface area (Å²) in [5.74, 6) is -2.01. The first-order valence-electron chi connectivity index (χ1n) is 8.91. The first-order valence-corrected chi connectivity index (χ1v) is 8.91. The zero-order valence-corrected chi connectivity index (χ0v) is 14.5. The van der Waals surface area contributed by atoms with Gasteiger partial charge in [0.1, 0.15) is 23.8 Å². The number of nitrogens with one attached hydrogen (secondary N) is 1. The molecule has 1 heterocycles. The molecule has 3 N–H and O–H groups in total. The molecule has 0 bridgehead atoms. The zero-order valence-electron chi connectivity index (χ0n) is 14.5. The number of halogens is 3. The van der Waals surface area contributed by atoms with Gasteiger partial charge in [-0.05, 0) is 23.6 Å². The number of nitrogens with two attached hydrogens (primary N) is 1. The standard InChI is InChI=1S/C20H20F3N3O/c21-12-5-6-15(16(23)8-12)19(26-9-13(22)10-26)20(27)25-17-7-11-3-1-2-4-14(11)18(17)24/h1-6,8,13,17-19H,7,9-10,24H2,(H,25,27)/t17-,18?,19?/m0/s1. The van der Waals surface area contributed by atoms with Crippen molar-refractivity contribution in [1.29, 1.82) is 0 Å². The molecule has 3 atom stereocenters. The van der Waals surface area contributed by atoms with Crippen LogP contribution >= 0.6 is 0 Å². The SMILES string of the molecule is NC1c2ccccc2C[C@@H]1NC(=O)C(c1ccc(F)cc1F)N1CC(F)C1. The second-order valence-electron chi connectivity index (χ2n) is 7.16. The van der Waals surface area contributed by atoms with E-state index in [2.05, 4.69) is 5.32 Å². The van der Waals surface area contributed by atoms with Crippen molar-refractivity contribution < 1.29 is 18.0 Å². The van der Waals surface area contributed by atoms with Gasteiger partial charge in [-0.1, -0.05) is 30.3 Å². The number of nitrogens with zero attached hydrogens (tertiary/aromatic N) is 1. The fourth-order valence-corrected chi connectivity index (χ4v) is 3.92. The predicted molar refractivity (Wildman–Crippen MR) is 94.6 cm³/mol. The molecule has 7 heteroatoms. The van der Waals surface area contributed by atoms with Crippen LogP contribution in [0.3, 0.4) is 0 Å². The van der Waals surface area contributed by atoms with Gasteiger partial charge in [-0.2, -0.15) is 0 Å². The number of carbonyl (C=O) groups is 1. The molecule has 0 saturated carbocycles. The van der Waals surface area contributed by atoms with Crippen molar-refractivity contribution in [2.45, 2.75) is 30.7 Å². The van der Waals surface area contributed by atoms with Crippen molar-refractivity contribution in [3.63, 3.8) is 0 Å². The van der Waals surface area contributed by atoms with Gasteiger partial charge in [0.2, 0.25) is 5.91 Å². The molecular formula is C20H20F3N3O. The molecule has 4 rings (SSSR count). The van der Waals surface area contributed by atoms with E-state index < -0.39 is 29.8 Å². The van der Waals surface area contributed by atoms with Crippen LogP contribution in [0.4, 0.5) is 13.2 Å². The quantitative estimate of drug-likeness (QED) is 0.863. The summed E-state index contributed by atoms with van der Waals surface area (Å²) < 4.78 is 41.0. The normalized spacial score (nSPS) is 23.6. The summed E-state index contributed by atoms with van der Waals surface area (Å²) in [4.78, 5) is 14.5. The molecule has 27 heavy (non-hydrogen) atoms. The highest BCUT2D eigenvalue weighted by atomic mass is 19.1. The summed E-state index contributed by atoms with van der Waals surface area (Å²) in [6.45, 7) is 0.0672. The van der Waals surface area contributed by atoms with Gasteiger partial charge >= 0.3 is 0 Å². The number of amides is 1. The molecule has 1 aliphatic heterocycles. The Hall–Kier alpha value is -2.38. The highest BCUT2D eigenvalue weighted by Crippen LogP contribution is 2.32. The van der Waals surface area contributed by atoms with Gasteiger partial charge in [-0.15, -0.1) is 0 Å². The van der Waals surface area contributed by atoms with Crippen LogP contribution in [0.1, 0.15) is 28.8 Å². The molecule has 1 amide bonds. The lowest BCUT2D eigenvalue weighted by Crippen LogP contribution is -2.55. The highest BCUT2D eigenvalue weighted by molar-refractivity contribution is 5.84. The fraction of sp³-hybridized carbons (Fsp3) is 0.350. The Kier molecular flexibility index (Phi) is 4.65. The molecule has 2 unspecified atom stereocenters. The molecule has 142 valence electrons. The van der Waals surface area contributed by atoms with Gasteiger partial charge in [0.25, 0.3) is 0 Å². The average molecular weight is 375 g/mol. The second kappa shape index (κ2) is 6.98. The van der Waals surface area contributed by atoms with Crippen molar-refractivity contribution in [3.8, 4) is 0 Å². The van der Waals surface area contributed by atoms with E-state index in [0.717, 1.165) is 23.3 Å². The summed E-state index contributed by atoms with van der Waals surface area (Å²) in [7, 11) is 0. The molecule has 2 aliphatic rings. The van der Waals surface area contributed by atoms with Crippen LogP contribution in [-0.2, 0) is 11.2 Å². The molecule has 0 spiro atoms. The van der Waals surface area contributed by atoms with Crippen molar-refractivity contribution in [2.75, 3.05) is 13.1 Å². The van der Waals surface area contributed by atoms with Crippen LogP contribution in [-0.4, -0.2) is 36.1 Å². The maximum absolute atomic E-state index is 14.3. The zero-order chi connectivity index (χ0) is 19.1. The minimum atomic E-state index is -1.05. The Morgan fingerprint density at radius 2 is 1.93 bits per heavy atom. The topological polar surface area (TPSA) is 58.4 Å². The molecule has 1 saturated heterocycles. The number of alkyl halides is 1. The molecule has 4 nitrogen and oxygen atoms in total. The molecule has 2 aromatic carbocycles. The second-order valence-corrected chi connectivity index (χ2v) is 7.16. The Bertz CT molecular complexity index is 869. The van der Waals surface area contributed by atoms with Crippen LogP contribution in [0.5, 0.6) is 0 Å².